The van der Waals surface area contributed by atoms with Gasteiger partial charge in [0.1, 0.15) is 4.34 Å². The number of carbonyl (C=O) groups excluding carboxylic acids is 1. The van der Waals surface area contributed by atoms with Crippen LogP contribution in [0.4, 0.5) is 0 Å². The number of hydrogen-bond acceptors (Lipinski definition) is 5. The van der Waals surface area contributed by atoms with Crippen molar-refractivity contribution in [1.82, 2.24) is 15.6 Å². The highest BCUT2D eigenvalue weighted by Gasteiger charge is 2.33. The molecule has 1 aromatic rings. The molecule has 0 radical (unpaired) electrons. The van der Waals surface area contributed by atoms with Crippen molar-refractivity contribution >= 4 is 29.0 Å². The molecule has 3 rings (SSSR count). The smallest absolute Gasteiger partial charge is 0.220 e. The van der Waals surface area contributed by atoms with Crippen LogP contribution in [0.5, 0.6) is 0 Å². The molecule has 4 nitrogen and oxygen atoms in total. The molecule has 2 aliphatic rings. The minimum absolute atomic E-state index is 0.237. The third-order valence-electron chi connectivity index (χ3n) is 4.32. The van der Waals surface area contributed by atoms with Gasteiger partial charge < -0.3 is 10.6 Å². The fourth-order valence-corrected chi connectivity index (χ4v) is 5.06. The van der Waals surface area contributed by atoms with Gasteiger partial charge in [0.15, 0.2) is 0 Å². The molecule has 1 amide bonds. The molecular formula is C15H23N3OS2. The van der Waals surface area contributed by atoms with Crippen molar-refractivity contribution < 1.29 is 4.79 Å². The molecule has 2 bridgehead atoms. The minimum Gasteiger partial charge on any atom is -0.356 e. The van der Waals surface area contributed by atoms with Gasteiger partial charge in [0.05, 0.1) is 0 Å². The molecule has 0 aromatic carbocycles. The van der Waals surface area contributed by atoms with Crippen LogP contribution in [0.2, 0.25) is 0 Å². The quantitative estimate of drug-likeness (QED) is 0.598. The van der Waals surface area contributed by atoms with Gasteiger partial charge in [-0.25, -0.2) is 4.98 Å². The van der Waals surface area contributed by atoms with Crippen molar-refractivity contribution in [3.05, 3.63) is 11.6 Å². The van der Waals surface area contributed by atoms with Crippen molar-refractivity contribution in [2.45, 2.75) is 54.9 Å². The van der Waals surface area contributed by atoms with Crippen LogP contribution < -0.4 is 10.6 Å². The zero-order chi connectivity index (χ0) is 14.5. The summed E-state index contributed by atoms with van der Waals surface area (Å²) in [4.78, 5) is 16.2. The monoisotopic (exact) mass is 325 g/mol. The van der Waals surface area contributed by atoms with Crippen LogP contribution in [-0.4, -0.2) is 35.3 Å². The highest BCUT2D eigenvalue weighted by molar-refractivity contribution is 8.00. The first-order valence-corrected chi connectivity index (χ1v) is 9.71. The highest BCUT2D eigenvalue weighted by Crippen LogP contribution is 2.32. The number of thiazole rings is 1. The molecule has 6 heteroatoms. The predicted octanol–water partition coefficient (Wildman–Crippen LogP) is 2.66. The minimum atomic E-state index is 0.237. The van der Waals surface area contributed by atoms with E-state index in [0.717, 1.165) is 23.1 Å². The Morgan fingerprint density at radius 3 is 2.95 bits per heavy atom. The molecule has 0 aliphatic carbocycles. The van der Waals surface area contributed by atoms with E-state index >= 15 is 0 Å². The summed E-state index contributed by atoms with van der Waals surface area (Å²) >= 11 is 3.45. The maximum atomic E-state index is 12.0. The molecule has 3 atom stereocenters. The third kappa shape index (κ3) is 4.69. The molecule has 1 aromatic heterocycles. The Kier molecular flexibility index (Phi) is 5.55. The number of aromatic nitrogens is 1. The number of amides is 1. The normalized spacial score (nSPS) is 27.7. The van der Waals surface area contributed by atoms with Gasteiger partial charge in [-0.1, -0.05) is 11.8 Å². The summed E-state index contributed by atoms with van der Waals surface area (Å²) in [5, 5.41) is 8.69. The average molecular weight is 326 g/mol. The largest absolute Gasteiger partial charge is 0.356 e. The molecule has 0 spiro atoms. The van der Waals surface area contributed by atoms with Gasteiger partial charge in [-0.05, 0) is 38.0 Å². The van der Waals surface area contributed by atoms with E-state index in [-0.39, 0.29) is 5.91 Å². The van der Waals surface area contributed by atoms with Crippen molar-refractivity contribution in [2.75, 3.05) is 12.3 Å². The Hall–Kier alpha value is -0.590. The van der Waals surface area contributed by atoms with Gasteiger partial charge >= 0.3 is 0 Å². The lowest BCUT2D eigenvalue weighted by molar-refractivity contribution is -0.122. The van der Waals surface area contributed by atoms with Gasteiger partial charge in [-0.3, -0.25) is 4.79 Å². The molecule has 2 N–H and O–H groups in total. The van der Waals surface area contributed by atoms with Crippen LogP contribution in [0, 0.1) is 5.92 Å². The Balaban J connectivity index is 1.26. The number of fused-ring (bicyclic) bond motifs is 2. The third-order valence-corrected chi connectivity index (χ3v) is 6.38. The van der Waals surface area contributed by atoms with Crippen molar-refractivity contribution in [3.63, 3.8) is 0 Å². The highest BCUT2D eigenvalue weighted by atomic mass is 32.2. The number of carbonyl (C=O) groups is 1. The van der Waals surface area contributed by atoms with Gasteiger partial charge in [-0.2, -0.15) is 0 Å². The van der Waals surface area contributed by atoms with Crippen LogP contribution >= 0.6 is 23.1 Å². The molecular weight excluding hydrogens is 302 g/mol. The van der Waals surface area contributed by atoms with Crippen LogP contribution in [0.15, 0.2) is 15.9 Å². The maximum absolute atomic E-state index is 12.0. The van der Waals surface area contributed by atoms with E-state index in [1.807, 2.05) is 11.6 Å². The SMILES string of the molecule is O=C(CC1C[C@H]2CC[C@@H](C1)N2)NCCCSc1nccs1. The summed E-state index contributed by atoms with van der Waals surface area (Å²) in [6.45, 7) is 0.787. The van der Waals surface area contributed by atoms with E-state index in [4.69, 9.17) is 0 Å². The van der Waals surface area contributed by atoms with Crippen molar-refractivity contribution in [2.24, 2.45) is 5.92 Å². The molecule has 2 aliphatic heterocycles. The van der Waals surface area contributed by atoms with Crippen LogP contribution in [-0.2, 0) is 4.79 Å². The van der Waals surface area contributed by atoms with Gasteiger partial charge in [-0.15, -0.1) is 11.3 Å². The van der Waals surface area contributed by atoms with Gasteiger partial charge in [0, 0.05) is 42.4 Å². The van der Waals surface area contributed by atoms with E-state index in [2.05, 4.69) is 15.6 Å². The van der Waals surface area contributed by atoms with E-state index in [0.29, 0.717) is 24.4 Å². The standard InChI is InChI=1S/C15H23N3OS2/c19-14(10-11-8-12-2-3-13(9-11)18-12)16-4-1-6-20-15-17-5-7-21-15/h5,7,11-13,18H,1-4,6,8-10H2,(H,16,19)/t11?,12-,13+. The lowest BCUT2D eigenvalue weighted by Gasteiger charge is -2.28. The Morgan fingerprint density at radius 2 is 2.24 bits per heavy atom. The molecule has 0 saturated carbocycles. The lowest BCUT2D eigenvalue weighted by Crippen LogP contribution is -2.39. The summed E-state index contributed by atoms with van der Waals surface area (Å²) in [6.07, 6.45) is 8.53. The topological polar surface area (TPSA) is 54.0 Å². The molecule has 3 heterocycles. The summed E-state index contributed by atoms with van der Waals surface area (Å²) < 4.78 is 1.12. The van der Waals surface area contributed by atoms with E-state index in [1.54, 1.807) is 23.1 Å². The first kappa shape index (κ1) is 15.3. The van der Waals surface area contributed by atoms with E-state index in [1.165, 1.54) is 25.7 Å². The Labute approximate surface area is 134 Å². The average Bonchev–Trinajstić information content (AvgIpc) is 3.08. The number of nitrogens with one attached hydrogen (secondary N) is 2. The number of rotatable bonds is 7. The Morgan fingerprint density at radius 1 is 1.43 bits per heavy atom. The maximum Gasteiger partial charge on any atom is 0.220 e. The fourth-order valence-electron chi connectivity index (χ4n) is 3.42. The number of thioether (sulfide) groups is 1. The molecule has 2 saturated heterocycles. The molecule has 2 fully saturated rings. The van der Waals surface area contributed by atoms with E-state index in [9.17, 15) is 4.79 Å². The van der Waals surface area contributed by atoms with Crippen LogP contribution in [0.25, 0.3) is 0 Å². The van der Waals surface area contributed by atoms with Crippen LogP contribution in [0.3, 0.4) is 0 Å². The molecule has 1 unspecified atom stereocenters. The van der Waals surface area contributed by atoms with Gasteiger partial charge in [0.25, 0.3) is 0 Å². The lowest BCUT2D eigenvalue weighted by atomic mass is 9.89. The van der Waals surface area contributed by atoms with Gasteiger partial charge in [0.2, 0.25) is 5.91 Å². The zero-order valence-electron chi connectivity index (χ0n) is 12.2. The molecule has 116 valence electrons. The summed E-state index contributed by atoms with van der Waals surface area (Å²) in [5.74, 6) is 1.85. The fraction of sp³-hybridized carbons (Fsp3) is 0.733. The summed E-state index contributed by atoms with van der Waals surface area (Å²) in [5.41, 5.74) is 0. The number of piperidine rings is 1. The van der Waals surface area contributed by atoms with E-state index < -0.39 is 0 Å². The second-order valence-corrected chi connectivity index (χ2v) is 8.27. The molecule has 21 heavy (non-hydrogen) atoms. The number of hydrogen-bond donors (Lipinski definition) is 2. The first-order chi connectivity index (χ1) is 10.3. The number of nitrogens with zero attached hydrogens (tertiary/aromatic N) is 1. The van der Waals surface area contributed by atoms with Crippen molar-refractivity contribution in [1.29, 1.82) is 0 Å². The predicted molar refractivity (Wildman–Crippen MR) is 87.8 cm³/mol. The summed E-state index contributed by atoms with van der Waals surface area (Å²) in [6, 6.07) is 1.35. The summed E-state index contributed by atoms with van der Waals surface area (Å²) in [7, 11) is 0. The first-order valence-electron chi connectivity index (χ1n) is 7.84. The van der Waals surface area contributed by atoms with Crippen LogP contribution in [0.1, 0.15) is 38.5 Å². The second-order valence-electron chi connectivity index (χ2n) is 6.03. The second kappa shape index (κ2) is 7.61. The zero-order valence-corrected chi connectivity index (χ0v) is 13.8. The Bertz CT molecular complexity index is 440. The van der Waals surface area contributed by atoms with Crippen molar-refractivity contribution in [3.8, 4) is 0 Å².